The Morgan fingerprint density at radius 2 is 1.80 bits per heavy atom. The van der Waals surface area contributed by atoms with Crippen molar-refractivity contribution < 1.29 is 14.6 Å². The first-order valence-electron chi connectivity index (χ1n) is 4.85. The van der Waals surface area contributed by atoms with Gasteiger partial charge in [0.05, 0.1) is 0 Å². The second-order valence-electron chi connectivity index (χ2n) is 4.46. The lowest BCUT2D eigenvalue weighted by molar-refractivity contribution is -0.128. The van der Waals surface area contributed by atoms with Crippen molar-refractivity contribution >= 4 is 5.78 Å². The summed E-state index contributed by atoms with van der Waals surface area (Å²) in [6.07, 6.45) is 0. The zero-order valence-corrected chi connectivity index (χ0v) is 9.28. The Balaban J connectivity index is 2.51. The van der Waals surface area contributed by atoms with E-state index in [4.69, 9.17) is 9.84 Å². The summed E-state index contributed by atoms with van der Waals surface area (Å²) >= 11 is 0. The van der Waals surface area contributed by atoms with Crippen LogP contribution in [0.5, 0.6) is 11.5 Å². The van der Waals surface area contributed by atoms with Gasteiger partial charge < -0.3 is 9.84 Å². The van der Waals surface area contributed by atoms with Crippen LogP contribution in [0.2, 0.25) is 0 Å². The second kappa shape index (κ2) is 4.34. The van der Waals surface area contributed by atoms with Crippen molar-refractivity contribution in [2.24, 2.45) is 5.41 Å². The van der Waals surface area contributed by atoms with Crippen LogP contribution >= 0.6 is 0 Å². The molecule has 0 spiro atoms. The quantitative estimate of drug-likeness (QED) is 0.829. The molecule has 3 nitrogen and oxygen atoms in total. The molecule has 0 aromatic heterocycles. The molecule has 0 saturated heterocycles. The highest BCUT2D eigenvalue weighted by Gasteiger charge is 2.21. The summed E-state index contributed by atoms with van der Waals surface area (Å²) in [5, 5.41) is 9.04. The molecule has 82 valence electrons. The van der Waals surface area contributed by atoms with Gasteiger partial charge in [0.25, 0.3) is 0 Å². The highest BCUT2D eigenvalue weighted by Crippen LogP contribution is 2.18. The molecule has 0 radical (unpaired) electrons. The van der Waals surface area contributed by atoms with E-state index >= 15 is 0 Å². The molecule has 0 aliphatic heterocycles. The lowest BCUT2D eigenvalue weighted by Gasteiger charge is -2.16. The molecule has 0 atom stereocenters. The van der Waals surface area contributed by atoms with E-state index in [1.54, 1.807) is 12.1 Å². The average Bonchev–Trinajstić information content (AvgIpc) is 2.15. The van der Waals surface area contributed by atoms with Crippen LogP contribution in [0.15, 0.2) is 24.3 Å². The predicted molar refractivity (Wildman–Crippen MR) is 58.1 cm³/mol. The number of hydrogen-bond acceptors (Lipinski definition) is 3. The second-order valence-corrected chi connectivity index (χ2v) is 4.46. The van der Waals surface area contributed by atoms with Gasteiger partial charge in [-0.15, -0.1) is 0 Å². The fraction of sp³-hybridized carbons (Fsp3) is 0.417. The summed E-state index contributed by atoms with van der Waals surface area (Å²) < 4.78 is 5.29. The van der Waals surface area contributed by atoms with Crippen LogP contribution in [0, 0.1) is 5.41 Å². The van der Waals surface area contributed by atoms with Crippen molar-refractivity contribution in [3.05, 3.63) is 24.3 Å². The maximum Gasteiger partial charge on any atom is 0.175 e. The third kappa shape index (κ3) is 3.62. The minimum absolute atomic E-state index is 0.0515. The van der Waals surface area contributed by atoms with Crippen molar-refractivity contribution in [2.45, 2.75) is 20.8 Å². The van der Waals surface area contributed by atoms with E-state index in [0.717, 1.165) is 0 Å². The molecule has 0 heterocycles. The standard InChI is InChI=1S/C12H16O3/c1-12(2,3)11(14)8-15-10-6-4-9(13)5-7-10/h4-7,13H,8H2,1-3H3. The number of ether oxygens (including phenoxy) is 1. The van der Waals surface area contributed by atoms with Crippen LogP contribution in [0.4, 0.5) is 0 Å². The normalized spacial score (nSPS) is 11.1. The molecule has 0 bridgehead atoms. The van der Waals surface area contributed by atoms with E-state index in [-0.39, 0.29) is 23.6 Å². The third-order valence-corrected chi connectivity index (χ3v) is 2.04. The van der Waals surface area contributed by atoms with Gasteiger partial charge in [0.2, 0.25) is 0 Å². The number of ketones is 1. The van der Waals surface area contributed by atoms with Gasteiger partial charge in [-0.3, -0.25) is 4.79 Å². The molecule has 0 unspecified atom stereocenters. The summed E-state index contributed by atoms with van der Waals surface area (Å²) in [7, 11) is 0. The summed E-state index contributed by atoms with van der Waals surface area (Å²) in [4.78, 5) is 11.5. The number of rotatable bonds is 3. The van der Waals surface area contributed by atoms with Crippen molar-refractivity contribution in [1.29, 1.82) is 0 Å². The number of hydrogen-bond donors (Lipinski definition) is 1. The van der Waals surface area contributed by atoms with Crippen LogP contribution in [0.25, 0.3) is 0 Å². The number of carbonyl (C=O) groups excluding carboxylic acids is 1. The van der Waals surface area contributed by atoms with Gasteiger partial charge in [-0.2, -0.15) is 0 Å². The maximum absolute atomic E-state index is 11.5. The summed E-state index contributed by atoms with van der Waals surface area (Å²) in [6.45, 7) is 5.63. The molecular weight excluding hydrogens is 192 g/mol. The summed E-state index contributed by atoms with van der Waals surface area (Å²) in [5.41, 5.74) is -0.378. The van der Waals surface area contributed by atoms with Gasteiger partial charge in [0.1, 0.15) is 18.1 Å². The predicted octanol–water partition coefficient (Wildman–Crippen LogP) is 2.39. The summed E-state index contributed by atoms with van der Waals surface area (Å²) in [5.74, 6) is 0.825. The van der Waals surface area contributed by atoms with Crippen LogP contribution in [0.1, 0.15) is 20.8 Å². The molecule has 1 N–H and O–H groups in total. The first-order valence-corrected chi connectivity index (χ1v) is 4.85. The number of phenols is 1. The number of carbonyl (C=O) groups is 1. The van der Waals surface area contributed by atoms with E-state index in [1.165, 1.54) is 12.1 Å². The van der Waals surface area contributed by atoms with Gasteiger partial charge >= 0.3 is 0 Å². The SMILES string of the molecule is CC(C)(C)C(=O)COc1ccc(O)cc1. The van der Waals surface area contributed by atoms with Gasteiger partial charge in [0, 0.05) is 5.41 Å². The smallest absolute Gasteiger partial charge is 0.175 e. The molecular formula is C12H16O3. The van der Waals surface area contributed by atoms with Gasteiger partial charge in [-0.25, -0.2) is 0 Å². The van der Waals surface area contributed by atoms with Crippen molar-refractivity contribution in [3.8, 4) is 11.5 Å². The lowest BCUT2D eigenvalue weighted by atomic mass is 9.91. The highest BCUT2D eigenvalue weighted by atomic mass is 16.5. The zero-order chi connectivity index (χ0) is 11.5. The largest absolute Gasteiger partial charge is 0.508 e. The highest BCUT2D eigenvalue weighted by molar-refractivity contribution is 5.85. The Bertz CT molecular complexity index is 333. The fourth-order valence-electron chi connectivity index (χ4n) is 0.908. The molecule has 0 aliphatic rings. The van der Waals surface area contributed by atoms with Gasteiger partial charge in [-0.1, -0.05) is 20.8 Å². The molecule has 0 aliphatic carbocycles. The Hall–Kier alpha value is -1.51. The number of aromatic hydroxyl groups is 1. The number of Topliss-reactive ketones (excluding diaryl/α,β-unsaturated/α-hetero) is 1. The molecule has 1 aromatic carbocycles. The van der Waals surface area contributed by atoms with E-state index in [0.29, 0.717) is 5.75 Å². The zero-order valence-electron chi connectivity index (χ0n) is 9.28. The Morgan fingerprint density at radius 1 is 1.27 bits per heavy atom. The van der Waals surface area contributed by atoms with E-state index in [1.807, 2.05) is 20.8 Å². The molecule has 15 heavy (non-hydrogen) atoms. The minimum atomic E-state index is -0.378. The first-order chi connectivity index (χ1) is 6.89. The first kappa shape index (κ1) is 11.6. The van der Waals surface area contributed by atoms with Gasteiger partial charge in [-0.05, 0) is 24.3 Å². The van der Waals surface area contributed by atoms with E-state index in [9.17, 15) is 4.79 Å². The maximum atomic E-state index is 11.5. The fourth-order valence-corrected chi connectivity index (χ4v) is 0.908. The van der Waals surface area contributed by atoms with Crippen LogP contribution in [-0.2, 0) is 4.79 Å². The average molecular weight is 208 g/mol. The van der Waals surface area contributed by atoms with Gasteiger partial charge in [0.15, 0.2) is 5.78 Å². The third-order valence-electron chi connectivity index (χ3n) is 2.04. The molecule has 0 saturated carbocycles. The van der Waals surface area contributed by atoms with E-state index < -0.39 is 0 Å². The van der Waals surface area contributed by atoms with E-state index in [2.05, 4.69) is 0 Å². The molecule has 3 heteroatoms. The number of benzene rings is 1. The van der Waals surface area contributed by atoms with Crippen LogP contribution in [-0.4, -0.2) is 17.5 Å². The molecule has 1 aromatic rings. The lowest BCUT2D eigenvalue weighted by Crippen LogP contribution is -2.26. The van der Waals surface area contributed by atoms with Crippen LogP contribution < -0.4 is 4.74 Å². The Kier molecular flexibility index (Phi) is 3.35. The molecule has 1 rings (SSSR count). The topological polar surface area (TPSA) is 46.5 Å². The monoisotopic (exact) mass is 208 g/mol. The Morgan fingerprint density at radius 3 is 2.27 bits per heavy atom. The summed E-state index contributed by atoms with van der Waals surface area (Å²) in [6, 6.07) is 6.31. The van der Waals surface area contributed by atoms with Crippen molar-refractivity contribution in [2.75, 3.05) is 6.61 Å². The number of phenolic OH excluding ortho intramolecular Hbond substituents is 1. The molecule has 0 amide bonds. The van der Waals surface area contributed by atoms with Crippen LogP contribution in [0.3, 0.4) is 0 Å². The molecule has 0 fully saturated rings. The van der Waals surface area contributed by atoms with Crippen molar-refractivity contribution in [1.82, 2.24) is 0 Å². The van der Waals surface area contributed by atoms with Crippen molar-refractivity contribution in [3.63, 3.8) is 0 Å². The Labute approximate surface area is 89.7 Å². The minimum Gasteiger partial charge on any atom is -0.508 e.